The molecule has 1 rings (SSSR count). The molecule has 5 heteroatoms. The van der Waals surface area contributed by atoms with Crippen molar-refractivity contribution in [2.75, 3.05) is 24.1 Å². The van der Waals surface area contributed by atoms with Gasteiger partial charge in [0.2, 0.25) is 0 Å². The molecular weight excluding hydrogens is 393 g/mol. The first-order valence-corrected chi connectivity index (χ1v) is 9.80. The maximum Gasteiger partial charge on any atom is 0.410 e. The largest absolute Gasteiger partial charge is 0.444 e. The zero-order valence-electron chi connectivity index (χ0n) is 14.9. The van der Waals surface area contributed by atoms with Crippen molar-refractivity contribution in [3.8, 4) is 0 Å². The second-order valence-electron chi connectivity index (χ2n) is 7.70. The summed E-state index contributed by atoms with van der Waals surface area (Å²) in [6, 6.07) is 0. The van der Waals surface area contributed by atoms with Crippen molar-refractivity contribution in [1.29, 1.82) is 0 Å². The van der Waals surface area contributed by atoms with Crippen LogP contribution in [0, 0.1) is 11.8 Å². The molecule has 1 aliphatic carbocycles. The van der Waals surface area contributed by atoms with Gasteiger partial charge in [0, 0.05) is 11.0 Å². The number of rotatable bonds is 8. The smallest absolute Gasteiger partial charge is 0.410 e. The molecule has 0 aliphatic heterocycles. The van der Waals surface area contributed by atoms with Gasteiger partial charge in [0.15, 0.2) is 0 Å². The third-order valence-corrected chi connectivity index (χ3v) is 5.58. The number of hydrogen-bond acceptors (Lipinski definition) is 3. The van der Waals surface area contributed by atoms with Crippen molar-refractivity contribution in [2.45, 2.75) is 65.6 Å². The summed E-state index contributed by atoms with van der Waals surface area (Å²) in [5.41, 5.74) is -0.788. The summed E-state index contributed by atoms with van der Waals surface area (Å²) in [5, 5.41) is 0. The lowest BCUT2D eigenvalue weighted by atomic mass is 10.1. The normalized spacial score (nSPS) is 19.4. The summed E-state index contributed by atoms with van der Waals surface area (Å²) in [6.45, 7) is 14.0. The van der Waals surface area contributed by atoms with Gasteiger partial charge in [0.05, 0.1) is 18.8 Å². The number of nitrogens with zero attached hydrogens (tertiary/aromatic N) is 1. The molecule has 1 aliphatic rings. The van der Waals surface area contributed by atoms with Crippen LogP contribution >= 0.6 is 22.6 Å². The van der Waals surface area contributed by atoms with Crippen molar-refractivity contribution in [3.05, 3.63) is 0 Å². The van der Waals surface area contributed by atoms with E-state index in [4.69, 9.17) is 9.47 Å². The summed E-state index contributed by atoms with van der Waals surface area (Å²) in [6.07, 6.45) is 2.42. The van der Waals surface area contributed by atoms with Gasteiger partial charge >= 0.3 is 6.09 Å². The van der Waals surface area contributed by atoms with E-state index in [-0.39, 0.29) is 11.7 Å². The minimum Gasteiger partial charge on any atom is -0.444 e. The number of amides is 1. The van der Waals surface area contributed by atoms with Crippen LogP contribution in [-0.4, -0.2) is 46.3 Å². The Morgan fingerprint density at radius 1 is 1.32 bits per heavy atom. The SMILES string of the molecule is CCN(CC(C)(CI)OCC(C)C1CC1)C(=O)OC(C)(C)C. The third-order valence-electron chi connectivity index (χ3n) is 3.96. The minimum atomic E-state index is -0.466. The summed E-state index contributed by atoms with van der Waals surface area (Å²) < 4.78 is 12.5. The van der Waals surface area contributed by atoms with Gasteiger partial charge in [-0.1, -0.05) is 29.5 Å². The predicted molar refractivity (Wildman–Crippen MR) is 98.6 cm³/mol. The third kappa shape index (κ3) is 7.02. The van der Waals surface area contributed by atoms with E-state index in [0.29, 0.717) is 19.0 Å². The highest BCUT2D eigenvalue weighted by Gasteiger charge is 2.34. The molecule has 1 amide bonds. The van der Waals surface area contributed by atoms with Gasteiger partial charge in [-0.25, -0.2) is 4.79 Å². The molecule has 0 aromatic rings. The zero-order valence-corrected chi connectivity index (χ0v) is 17.1. The fourth-order valence-corrected chi connectivity index (χ4v) is 2.76. The van der Waals surface area contributed by atoms with Crippen LogP contribution in [0.3, 0.4) is 0 Å². The second-order valence-corrected chi connectivity index (χ2v) is 8.47. The zero-order chi connectivity index (χ0) is 17.0. The molecule has 0 radical (unpaired) electrons. The first-order valence-electron chi connectivity index (χ1n) is 8.28. The van der Waals surface area contributed by atoms with Crippen LogP contribution in [0.5, 0.6) is 0 Å². The molecule has 0 saturated heterocycles. The van der Waals surface area contributed by atoms with E-state index in [1.807, 2.05) is 27.7 Å². The predicted octanol–water partition coefficient (Wildman–Crippen LogP) is 4.50. The Hall–Kier alpha value is -0.0400. The van der Waals surface area contributed by atoms with Gasteiger partial charge in [-0.2, -0.15) is 0 Å². The van der Waals surface area contributed by atoms with Crippen molar-refractivity contribution in [1.82, 2.24) is 4.90 Å². The first kappa shape index (κ1) is 20.0. The Morgan fingerprint density at radius 2 is 1.91 bits per heavy atom. The lowest BCUT2D eigenvalue weighted by Gasteiger charge is -2.35. The highest BCUT2D eigenvalue weighted by atomic mass is 127. The van der Waals surface area contributed by atoms with Crippen LogP contribution in [0.15, 0.2) is 0 Å². The Bertz CT molecular complexity index is 365. The molecule has 130 valence electrons. The van der Waals surface area contributed by atoms with Crippen molar-refractivity contribution >= 4 is 28.7 Å². The molecule has 22 heavy (non-hydrogen) atoms. The van der Waals surface area contributed by atoms with Crippen molar-refractivity contribution < 1.29 is 14.3 Å². The molecule has 0 aromatic heterocycles. The number of alkyl halides is 1. The van der Waals surface area contributed by atoms with E-state index in [2.05, 4.69) is 36.4 Å². The molecule has 2 atom stereocenters. The van der Waals surface area contributed by atoms with E-state index in [1.54, 1.807) is 4.90 Å². The van der Waals surface area contributed by atoms with E-state index < -0.39 is 5.60 Å². The lowest BCUT2D eigenvalue weighted by molar-refractivity contribution is -0.0539. The number of halogens is 1. The highest BCUT2D eigenvalue weighted by molar-refractivity contribution is 14.1. The maximum atomic E-state index is 12.3. The lowest BCUT2D eigenvalue weighted by Crippen LogP contribution is -2.48. The molecule has 1 saturated carbocycles. The summed E-state index contributed by atoms with van der Waals surface area (Å²) in [5.74, 6) is 1.45. The molecule has 4 nitrogen and oxygen atoms in total. The van der Waals surface area contributed by atoms with Gasteiger partial charge in [-0.05, 0) is 59.3 Å². The van der Waals surface area contributed by atoms with Gasteiger partial charge in [0.1, 0.15) is 5.60 Å². The molecule has 0 heterocycles. The average molecular weight is 425 g/mol. The highest BCUT2D eigenvalue weighted by Crippen LogP contribution is 2.37. The first-order chi connectivity index (χ1) is 10.1. The van der Waals surface area contributed by atoms with Crippen LogP contribution in [-0.2, 0) is 9.47 Å². The Balaban J connectivity index is 2.57. The second kappa shape index (κ2) is 8.18. The number of ether oxygens (including phenoxy) is 2. The molecule has 0 bridgehead atoms. The number of carbonyl (C=O) groups is 1. The molecule has 0 aromatic carbocycles. The summed E-state index contributed by atoms with van der Waals surface area (Å²) in [4.78, 5) is 14.0. The standard InChI is InChI=1S/C17H32INO3/c1-7-19(15(20)22-16(3,4)5)12-17(6,11-18)21-10-13(2)14-8-9-14/h13-14H,7-12H2,1-6H3. The van der Waals surface area contributed by atoms with Crippen molar-refractivity contribution in [2.24, 2.45) is 11.8 Å². The summed E-state index contributed by atoms with van der Waals surface area (Å²) in [7, 11) is 0. The van der Waals surface area contributed by atoms with E-state index >= 15 is 0 Å². The Labute approximate surface area is 149 Å². The quantitative estimate of drug-likeness (QED) is 0.425. The fraction of sp³-hybridized carbons (Fsp3) is 0.941. The number of hydrogen-bond donors (Lipinski definition) is 0. The fourth-order valence-electron chi connectivity index (χ4n) is 2.30. The van der Waals surface area contributed by atoms with Crippen LogP contribution < -0.4 is 0 Å². The van der Waals surface area contributed by atoms with Gasteiger partial charge in [-0.3, -0.25) is 0 Å². The molecule has 0 N–H and O–H groups in total. The van der Waals surface area contributed by atoms with Crippen LogP contribution in [0.2, 0.25) is 0 Å². The van der Waals surface area contributed by atoms with Crippen LogP contribution in [0.25, 0.3) is 0 Å². The molecule has 2 unspecified atom stereocenters. The van der Waals surface area contributed by atoms with Crippen molar-refractivity contribution in [3.63, 3.8) is 0 Å². The van der Waals surface area contributed by atoms with E-state index in [9.17, 15) is 4.79 Å². The van der Waals surface area contributed by atoms with Gasteiger partial charge < -0.3 is 14.4 Å². The summed E-state index contributed by atoms with van der Waals surface area (Å²) >= 11 is 2.34. The molecular formula is C17H32INO3. The van der Waals surface area contributed by atoms with Crippen LogP contribution in [0.1, 0.15) is 54.4 Å². The average Bonchev–Trinajstić information content (AvgIpc) is 3.24. The molecule has 0 spiro atoms. The van der Waals surface area contributed by atoms with Crippen LogP contribution in [0.4, 0.5) is 4.79 Å². The molecule has 1 fully saturated rings. The minimum absolute atomic E-state index is 0.259. The Kier molecular flexibility index (Phi) is 7.43. The van der Waals surface area contributed by atoms with E-state index in [0.717, 1.165) is 17.0 Å². The monoisotopic (exact) mass is 425 g/mol. The van der Waals surface area contributed by atoms with Gasteiger partial charge in [-0.15, -0.1) is 0 Å². The van der Waals surface area contributed by atoms with Gasteiger partial charge in [0.25, 0.3) is 0 Å². The van der Waals surface area contributed by atoms with E-state index in [1.165, 1.54) is 12.8 Å². The topological polar surface area (TPSA) is 38.8 Å². The Morgan fingerprint density at radius 3 is 2.32 bits per heavy atom. The maximum absolute atomic E-state index is 12.3. The number of likely N-dealkylation sites (N-methyl/N-ethyl adjacent to an activating group) is 1. The number of carbonyl (C=O) groups excluding carboxylic acids is 1.